The molecule has 7 nitrogen and oxygen atoms in total. The number of imide groups is 1. The lowest BCUT2D eigenvalue weighted by Gasteiger charge is -2.13. The Kier molecular flexibility index (Phi) is 7.97. The standard InChI is InChI=1S/C27H23ClN2O5S/c1-17-6-8-18(9-7-17)16-35-22-11-10-19(12-23(22)34-2)13-24-26(32)30(27(33)36-24)15-25(31)29-21-5-3-4-20(28)14-21/h3-14H,15-16H2,1-2H3,(H,29,31)/b24-13+. The highest BCUT2D eigenvalue weighted by molar-refractivity contribution is 8.18. The summed E-state index contributed by atoms with van der Waals surface area (Å²) in [5.41, 5.74) is 3.34. The van der Waals surface area contributed by atoms with Crippen LogP contribution in [0, 0.1) is 6.92 Å². The number of halogens is 1. The monoisotopic (exact) mass is 522 g/mol. The summed E-state index contributed by atoms with van der Waals surface area (Å²) in [7, 11) is 1.53. The summed E-state index contributed by atoms with van der Waals surface area (Å²) in [5.74, 6) is 0.0134. The molecule has 1 N–H and O–H groups in total. The molecule has 0 aromatic heterocycles. The fraction of sp³-hybridized carbons (Fsp3) is 0.148. The van der Waals surface area contributed by atoms with Crippen molar-refractivity contribution in [2.75, 3.05) is 19.0 Å². The van der Waals surface area contributed by atoms with Gasteiger partial charge in [0.2, 0.25) is 5.91 Å². The van der Waals surface area contributed by atoms with Crippen LogP contribution < -0.4 is 14.8 Å². The molecular formula is C27H23ClN2O5S. The molecule has 0 radical (unpaired) electrons. The normalized spacial score (nSPS) is 14.3. The van der Waals surface area contributed by atoms with Crippen LogP contribution in [0.2, 0.25) is 5.02 Å². The second kappa shape index (κ2) is 11.3. The van der Waals surface area contributed by atoms with E-state index in [1.807, 2.05) is 31.2 Å². The van der Waals surface area contributed by atoms with E-state index in [2.05, 4.69) is 5.32 Å². The van der Waals surface area contributed by atoms with E-state index >= 15 is 0 Å². The number of amides is 3. The molecule has 0 atom stereocenters. The van der Waals surface area contributed by atoms with Crippen molar-refractivity contribution in [3.05, 3.63) is 93.3 Å². The Bertz CT molecular complexity index is 1340. The molecule has 1 fully saturated rings. The molecule has 3 amide bonds. The van der Waals surface area contributed by atoms with Gasteiger partial charge in [0.25, 0.3) is 11.1 Å². The maximum atomic E-state index is 12.8. The van der Waals surface area contributed by atoms with Crippen molar-refractivity contribution in [2.45, 2.75) is 13.5 Å². The van der Waals surface area contributed by atoms with Crippen LogP contribution in [0.5, 0.6) is 11.5 Å². The number of carbonyl (C=O) groups excluding carboxylic acids is 3. The molecule has 3 aromatic rings. The zero-order valence-electron chi connectivity index (χ0n) is 19.6. The SMILES string of the molecule is COc1cc(/C=C2/SC(=O)N(CC(=O)Nc3cccc(Cl)c3)C2=O)ccc1OCc1ccc(C)cc1. The summed E-state index contributed by atoms with van der Waals surface area (Å²) < 4.78 is 11.4. The lowest BCUT2D eigenvalue weighted by atomic mass is 10.1. The summed E-state index contributed by atoms with van der Waals surface area (Å²) >= 11 is 6.70. The van der Waals surface area contributed by atoms with Gasteiger partial charge in [0.1, 0.15) is 13.2 Å². The van der Waals surface area contributed by atoms with Gasteiger partial charge in [0.15, 0.2) is 11.5 Å². The maximum absolute atomic E-state index is 12.8. The van der Waals surface area contributed by atoms with Gasteiger partial charge in [-0.25, -0.2) is 0 Å². The molecular weight excluding hydrogens is 500 g/mol. The van der Waals surface area contributed by atoms with Crippen molar-refractivity contribution >= 4 is 52.2 Å². The third kappa shape index (κ3) is 6.27. The van der Waals surface area contributed by atoms with E-state index in [1.54, 1.807) is 48.5 Å². The first-order valence-electron chi connectivity index (χ1n) is 11.0. The molecule has 0 saturated carbocycles. The Morgan fingerprint density at radius 2 is 1.83 bits per heavy atom. The molecule has 9 heteroatoms. The zero-order chi connectivity index (χ0) is 25.7. The van der Waals surface area contributed by atoms with E-state index in [4.69, 9.17) is 21.1 Å². The first kappa shape index (κ1) is 25.3. The van der Waals surface area contributed by atoms with Crippen LogP contribution in [-0.2, 0) is 16.2 Å². The number of hydrogen-bond acceptors (Lipinski definition) is 6. The van der Waals surface area contributed by atoms with Crippen molar-refractivity contribution in [3.8, 4) is 11.5 Å². The minimum Gasteiger partial charge on any atom is -0.493 e. The van der Waals surface area contributed by atoms with Gasteiger partial charge in [-0.1, -0.05) is 53.6 Å². The highest BCUT2D eigenvalue weighted by Crippen LogP contribution is 2.34. The number of thioether (sulfide) groups is 1. The van der Waals surface area contributed by atoms with Gasteiger partial charge in [-0.3, -0.25) is 19.3 Å². The molecule has 1 saturated heterocycles. The second-order valence-electron chi connectivity index (χ2n) is 8.01. The third-order valence-electron chi connectivity index (χ3n) is 5.28. The fourth-order valence-corrected chi connectivity index (χ4v) is 4.47. The van der Waals surface area contributed by atoms with Crippen molar-refractivity contribution in [3.63, 3.8) is 0 Å². The van der Waals surface area contributed by atoms with Gasteiger partial charge in [-0.15, -0.1) is 0 Å². The van der Waals surface area contributed by atoms with Crippen molar-refractivity contribution in [1.29, 1.82) is 0 Å². The van der Waals surface area contributed by atoms with E-state index < -0.39 is 23.6 Å². The van der Waals surface area contributed by atoms with Gasteiger partial charge >= 0.3 is 0 Å². The molecule has 1 aliphatic rings. The minimum atomic E-state index is -0.537. The quantitative estimate of drug-likeness (QED) is 0.370. The highest BCUT2D eigenvalue weighted by atomic mass is 35.5. The maximum Gasteiger partial charge on any atom is 0.294 e. The van der Waals surface area contributed by atoms with E-state index in [1.165, 1.54) is 12.7 Å². The fourth-order valence-electron chi connectivity index (χ4n) is 3.44. The van der Waals surface area contributed by atoms with Gasteiger partial charge in [0.05, 0.1) is 12.0 Å². The third-order valence-corrected chi connectivity index (χ3v) is 6.43. The topological polar surface area (TPSA) is 84.9 Å². The number of carbonyl (C=O) groups is 3. The van der Waals surface area contributed by atoms with E-state index in [9.17, 15) is 14.4 Å². The number of anilines is 1. The molecule has 184 valence electrons. The number of rotatable bonds is 8. The molecule has 0 unspecified atom stereocenters. The molecule has 1 aliphatic heterocycles. The zero-order valence-corrected chi connectivity index (χ0v) is 21.2. The average Bonchev–Trinajstić information content (AvgIpc) is 3.11. The Morgan fingerprint density at radius 1 is 1.06 bits per heavy atom. The highest BCUT2D eigenvalue weighted by Gasteiger charge is 2.36. The van der Waals surface area contributed by atoms with E-state index in [0.29, 0.717) is 34.4 Å². The first-order valence-corrected chi connectivity index (χ1v) is 12.2. The lowest BCUT2D eigenvalue weighted by Crippen LogP contribution is -2.36. The predicted molar refractivity (Wildman–Crippen MR) is 141 cm³/mol. The van der Waals surface area contributed by atoms with Crippen LogP contribution in [0.4, 0.5) is 10.5 Å². The van der Waals surface area contributed by atoms with Crippen LogP contribution in [0.25, 0.3) is 6.08 Å². The Hall–Kier alpha value is -3.75. The number of benzene rings is 3. The lowest BCUT2D eigenvalue weighted by molar-refractivity contribution is -0.127. The van der Waals surface area contributed by atoms with Gasteiger partial charge < -0.3 is 14.8 Å². The largest absolute Gasteiger partial charge is 0.493 e. The number of hydrogen-bond donors (Lipinski definition) is 1. The molecule has 0 bridgehead atoms. The van der Waals surface area contributed by atoms with E-state index in [0.717, 1.165) is 22.2 Å². The van der Waals surface area contributed by atoms with Crippen molar-refractivity contribution in [2.24, 2.45) is 0 Å². The summed E-state index contributed by atoms with van der Waals surface area (Å²) in [5, 5.41) is 2.58. The predicted octanol–water partition coefficient (Wildman–Crippen LogP) is 5.91. The number of aryl methyl sites for hydroxylation is 1. The van der Waals surface area contributed by atoms with Gasteiger partial charge in [-0.2, -0.15) is 0 Å². The molecule has 1 heterocycles. The summed E-state index contributed by atoms with van der Waals surface area (Å²) in [6.45, 7) is 2.01. The number of ether oxygens (including phenoxy) is 2. The van der Waals surface area contributed by atoms with Crippen LogP contribution in [0.15, 0.2) is 71.6 Å². The van der Waals surface area contributed by atoms with Crippen LogP contribution >= 0.6 is 23.4 Å². The Morgan fingerprint density at radius 3 is 2.56 bits per heavy atom. The van der Waals surface area contributed by atoms with Crippen LogP contribution in [-0.4, -0.2) is 35.6 Å². The molecule has 4 rings (SSSR count). The van der Waals surface area contributed by atoms with Crippen LogP contribution in [0.3, 0.4) is 0 Å². The smallest absolute Gasteiger partial charge is 0.294 e. The number of nitrogens with zero attached hydrogens (tertiary/aromatic N) is 1. The van der Waals surface area contributed by atoms with Crippen LogP contribution in [0.1, 0.15) is 16.7 Å². The first-order chi connectivity index (χ1) is 17.3. The Labute approximate surface area is 218 Å². The van der Waals surface area contributed by atoms with Crippen molar-refractivity contribution in [1.82, 2.24) is 4.90 Å². The molecule has 36 heavy (non-hydrogen) atoms. The van der Waals surface area contributed by atoms with E-state index in [-0.39, 0.29) is 4.91 Å². The summed E-state index contributed by atoms with van der Waals surface area (Å²) in [6, 6.07) is 19.9. The molecule has 0 aliphatic carbocycles. The molecule has 3 aromatic carbocycles. The van der Waals surface area contributed by atoms with Gasteiger partial charge in [0, 0.05) is 10.7 Å². The number of methoxy groups -OCH3 is 1. The second-order valence-corrected chi connectivity index (χ2v) is 9.44. The number of nitrogens with one attached hydrogen (secondary N) is 1. The average molecular weight is 523 g/mol. The molecule has 0 spiro atoms. The van der Waals surface area contributed by atoms with Gasteiger partial charge in [-0.05, 0) is 66.2 Å². The Balaban J connectivity index is 1.42. The minimum absolute atomic E-state index is 0.214. The summed E-state index contributed by atoms with van der Waals surface area (Å²) in [6.07, 6.45) is 1.59. The van der Waals surface area contributed by atoms with Crippen molar-refractivity contribution < 1.29 is 23.9 Å². The summed E-state index contributed by atoms with van der Waals surface area (Å²) in [4.78, 5) is 38.8.